The zero-order chi connectivity index (χ0) is 19.4. The molecule has 0 amide bonds. The third kappa shape index (κ3) is 4.16. The first-order valence-corrected chi connectivity index (χ1v) is 9.70. The molecule has 1 aliphatic rings. The van der Waals surface area contributed by atoms with Crippen LogP contribution in [0, 0.1) is 5.92 Å². The van der Waals surface area contributed by atoms with Gasteiger partial charge in [-0.3, -0.25) is 9.69 Å². The van der Waals surface area contributed by atoms with Crippen LogP contribution in [0.25, 0.3) is 0 Å². The van der Waals surface area contributed by atoms with Gasteiger partial charge in [-0.1, -0.05) is 43.3 Å². The first-order valence-electron chi connectivity index (χ1n) is 9.70. The van der Waals surface area contributed by atoms with Crippen LogP contribution in [-0.2, 0) is 11.2 Å². The molecule has 0 heterocycles. The fourth-order valence-electron chi connectivity index (χ4n) is 4.47. The Morgan fingerprint density at radius 1 is 1.26 bits per heavy atom. The van der Waals surface area contributed by atoms with Crippen LogP contribution in [0.15, 0.2) is 48.5 Å². The molecule has 2 aromatic carbocycles. The van der Waals surface area contributed by atoms with E-state index in [0.29, 0.717) is 12.3 Å². The molecule has 0 aliphatic heterocycles. The van der Waals surface area contributed by atoms with Crippen molar-refractivity contribution in [1.29, 1.82) is 0 Å². The number of benzene rings is 2. The van der Waals surface area contributed by atoms with Crippen LogP contribution in [0.3, 0.4) is 0 Å². The van der Waals surface area contributed by atoms with Crippen molar-refractivity contribution in [2.45, 2.75) is 38.1 Å². The Morgan fingerprint density at radius 2 is 2.00 bits per heavy atom. The Labute approximate surface area is 161 Å². The number of likely N-dealkylation sites (N-methyl/N-ethyl adjacent to an activating group) is 1. The molecule has 0 saturated carbocycles. The van der Waals surface area contributed by atoms with E-state index in [9.17, 15) is 9.90 Å². The topological polar surface area (TPSA) is 49.8 Å². The molecule has 2 aromatic rings. The van der Waals surface area contributed by atoms with Gasteiger partial charge in [0.25, 0.3) is 0 Å². The van der Waals surface area contributed by atoms with Crippen LogP contribution in [0.2, 0.25) is 0 Å². The summed E-state index contributed by atoms with van der Waals surface area (Å²) in [4.78, 5) is 13.6. The van der Waals surface area contributed by atoms with Gasteiger partial charge in [-0.2, -0.15) is 0 Å². The number of nitrogens with zero attached hydrogens (tertiary/aromatic N) is 1. The zero-order valence-corrected chi connectivity index (χ0v) is 16.4. The minimum atomic E-state index is -0.739. The minimum Gasteiger partial charge on any atom is -0.497 e. The number of carbonyl (C=O) groups is 1. The molecule has 0 spiro atoms. The third-order valence-electron chi connectivity index (χ3n) is 5.83. The first kappa shape index (κ1) is 19.4. The Balaban J connectivity index is 1.94. The quantitative estimate of drug-likeness (QED) is 0.797. The van der Waals surface area contributed by atoms with E-state index in [4.69, 9.17) is 4.74 Å². The van der Waals surface area contributed by atoms with Crippen LogP contribution in [0.5, 0.6) is 5.75 Å². The van der Waals surface area contributed by atoms with Crippen molar-refractivity contribution in [3.63, 3.8) is 0 Å². The van der Waals surface area contributed by atoms with E-state index >= 15 is 0 Å². The van der Waals surface area contributed by atoms with Gasteiger partial charge in [-0.15, -0.1) is 0 Å². The van der Waals surface area contributed by atoms with Crippen molar-refractivity contribution in [3.05, 3.63) is 65.2 Å². The average molecular weight is 367 g/mol. The summed E-state index contributed by atoms with van der Waals surface area (Å²) < 4.78 is 5.41. The number of aliphatic carboxylic acids is 1. The van der Waals surface area contributed by atoms with Crippen LogP contribution >= 0.6 is 0 Å². The number of aryl methyl sites for hydroxylation is 1. The lowest BCUT2D eigenvalue weighted by Gasteiger charge is -2.37. The maximum atomic E-state index is 11.6. The average Bonchev–Trinajstić information content (AvgIpc) is 2.68. The lowest BCUT2D eigenvalue weighted by Crippen LogP contribution is -2.42. The molecule has 144 valence electrons. The predicted molar refractivity (Wildman–Crippen MR) is 107 cm³/mol. The molecule has 3 rings (SSSR count). The van der Waals surface area contributed by atoms with Crippen LogP contribution < -0.4 is 4.74 Å². The highest BCUT2D eigenvalue weighted by Crippen LogP contribution is 2.42. The van der Waals surface area contributed by atoms with E-state index in [1.165, 1.54) is 16.7 Å². The largest absolute Gasteiger partial charge is 0.497 e. The summed E-state index contributed by atoms with van der Waals surface area (Å²) in [6.45, 7) is 2.71. The van der Waals surface area contributed by atoms with Crippen LogP contribution in [0.1, 0.15) is 42.4 Å². The maximum absolute atomic E-state index is 11.6. The van der Waals surface area contributed by atoms with Gasteiger partial charge in [0.2, 0.25) is 0 Å². The summed E-state index contributed by atoms with van der Waals surface area (Å²) in [7, 11) is 3.64. The lowest BCUT2D eigenvalue weighted by molar-refractivity contribution is -0.143. The van der Waals surface area contributed by atoms with Gasteiger partial charge in [0.15, 0.2) is 0 Å². The second kappa shape index (κ2) is 8.57. The van der Waals surface area contributed by atoms with Crippen molar-refractivity contribution < 1.29 is 14.6 Å². The molecular formula is C23H29NO3. The third-order valence-corrected chi connectivity index (χ3v) is 5.83. The molecule has 1 N–H and O–H groups in total. The summed E-state index contributed by atoms with van der Waals surface area (Å²) in [5.41, 5.74) is 3.98. The summed E-state index contributed by atoms with van der Waals surface area (Å²) in [6, 6.07) is 16.5. The number of methoxy groups -OCH3 is 1. The van der Waals surface area contributed by atoms with Crippen molar-refractivity contribution in [3.8, 4) is 5.75 Å². The number of hydrogen-bond donors (Lipinski definition) is 1. The van der Waals surface area contributed by atoms with E-state index in [1.54, 1.807) is 7.11 Å². The van der Waals surface area contributed by atoms with Crippen molar-refractivity contribution in [2.75, 3.05) is 20.7 Å². The number of carboxylic acid groups (broad SMARTS) is 1. The van der Waals surface area contributed by atoms with E-state index in [2.05, 4.69) is 36.4 Å². The molecule has 4 heteroatoms. The van der Waals surface area contributed by atoms with Crippen molar-refractivity contribution in [2.24, 2.45) is 5.92 Å². The smallest absolute Gasteiger partial charge is 0.320 e. The van der Waals surface area contributed by atoms with Gasteiger partial charge >= 0.3 is 5.97 Å². The van der Waals surface area contributed by atoms with Gasteiger partial charge in [-0.25, -0.2) is 0 Å². The van der Waals surface area contributed by atoms with E-state index < -0.39 is 12.0 Å². The highest BCUT2D eigenvalue weighted by molar-refractivity contribution is 5.73. The molecular weight excluding hydrogens is 338 g/mol. The SMILES string of the molecule is CCC(C(=O)O)N(C)CC1CCc2cc(OC)ccc2C1c1ccccc1. The second-order valence-corrected chi connectivity index (χ2v) is 7.45. The van der Waals surface area contributed by atoms with Gasteiger partial charge in [0, 0.05) is 12.5 Å². The van der Waals surface area contributed by atoms with Crippen LogP contribution in [-0.4, -0.2) is 42.7 Å². The summed E-state index contributed by atoms with van der Waals surface area (Å²) in [5.74, 6) is 0.812. The monoisotopic (exact) mass is 367 g/mol. The number of rotatable bonds is 7. The summed E-state index contributed by atoms with van der Waals surface area (Å²) >= 11 is 0. The summed E-state index contributed by atoms with van der Waals surface area (Å²) in [6.07, 6.45) is 2.65. The van der Waals surface area contributed by atoms with Crippen LogP contribution in [0.4, 0.5) is 0 Å². The fourth-order valence-corrected chi connectivity index (χ4v) is 4.47. The highest BCUT2D eigenvalue weighted by Gasteiger charge is 2.33. The van der Waals surface area contributed by atoms with Gasteiger partial charge < -0.3 is 9.84 Å². The molecule has 27 heavy (non-hydrogen) atoms. The normalized spacial score (nSPS) is 20.1. The Morgan fingerprint density at radius 3 is 2.63 bits per heavy atom. The molecule has 0 saturated heterocycles. The molecule has 1 aliphatic carbocycles. The standard InChI is InChI=1S/C23H29NO3/c1-4-21(23(25)26)24(2)15-18-11-10-17-14-19(27-3)12-13-20(17)22(18)16-8-6-5-7-9-16/h5-9,12-14,18,21-22H,4,10-11,15H2,1-3H3,(H,25,26). The summed E-state index contributed by atoms with van der Waals surface area (Å²) in [5, 5.41) is 9.52. The van der Waals surface area contributed by atoms with Crippen molar-refractivity contribution in [1.82, 2.24) is 4.90 Å². The zero-order valence-electron chi connectivity index (χ0n) is 16.4. The second-order valence-electron chi connectivity index (χ2n) is 7.45. The molecule has 0 bridgehead atoms. The Bertz CT molecular complexity index is 774. The molecule has 0 radical (unpaired) electrons. The molecule has 3 atom stereocenters. The fraction of sp³-hybridized carbons (Fsp3) is 0.435. The van der Waals surface area contributed by atoms with Gasteiger partial charge in [-0.05, 0) is 61.1 Å². The number of carboxylic acids is 1. The van der Waals surface area contributed by atoms with Gasteiger partial charge in [0.05, 0.1) is 7.11 Å². The maximum Gasteiger partial charge on any atom is 0.320 e. The molecule has 0 fully saturated rings. The van der Waals surface area contributed by atoms with Crippen molar-refractivity contribution >= 4 is 5.97 Å². The Hall–Kier alpha value is -2.33. The number of hydrogen-bond acceptors (Lipinski definition) is 3. The van der Waals surface area contributed by atoms with E-state index in [1.807, 2.05) is 31.0 Å². The first-order chi connectivity index (χ1) is 13.0. The lowest BCUT2D eigenvalue weighted by atomic mass is 9.71. The van der Waals surface area contributed by atoms with Gasteiger partial charge in [0.1, 0.15) is 11.8 Å². The van der Waals surface area contributed by atoms with E-state index in [-0.39, 0.29) is 5.92 Å². The molecule has 4 nitrogen and oxygen atoms in total. The predicted octanol–water partition coefficient (Wildman–Crippen LogP) is 4.18. The minimum absolute atomic E-state index is 0.273. The number of ether oxygens (including phenoxy) is 1. The molecule has 3 unspecified atom stereocenters. The molecule has 0 aromatic heterocycles. The highest BCUT2D eigenvalue weighted by atomic mass is 16.5. The number of fused-ring (bicyclic) bond motifs is 1. The Kier molecular flexibility index (Phi) is 6.17. The van der Waals surface area contributed by atoms with E-state index in [0.717, 1.165) is 25.1 Å².